The average Bonchev–Trinajstić information content (AvgIpc) is 3.12. The minimum Gasteiger partial charge on any atom is -0.267 e. The van der Waals surface area contributed by atoms with Crippen molar-refractivity contribution in [3.63, 3.8) is 0 Å². The summed E-state index contributed by atoms with van der Waals surface area (Å²) in [7, 11) is 0. The van der Waals surface area contributed by atoms with E-state index in [0.717, 1.165) is 41.4 Å². The van der Waals surface area contributed by atoms with E-state index in [-0.39, 0.29) is 5.91 Å². The summed E-state index contributed by atoms with van der Waals surface area (Å²) in [6.07, 6.45) is 2.68. The minimum absolute atomic E-state index is 0.330. The van der Waals surface area contributed by atoms with Crippen molar-refractivity contribution in [1.29, 1.82) is 0 Å². The summed E-state index contributed by atoms with van der Waals surface area (Å²) in [6, 6.07) is 14.0. The van der Waals surface area contributed by atoms with Crippen LogP contribution < -0.4 is 10.9 Å². The lowest BCUT2D eigenvalue weighted by Gasteiger charge is -2.13. The van der Waals surface area contributed by atoms with Crippen molar-refractivity contribution in [2.45, 2.75) is 19.3 Å². The van der Waals surface area contributed by atoms with Gasteiger partial charge in [-0.1, -0.05) is 29.8 Å². The molecular formula is C20H16ClN3O2. The molecule has 0 fully saturated rings. The van der Waals surface area contributed by atoms with Crippen LogP contribution in [0, 0.1) is 0 Å². The standard InChI is InChI=1S/C20H16ClN3O2/c21-13-10-8-12(9-11-13)19(25)23-24-20(26)18-14-4-1-2-6-16(14)22-17-7-3-5-15(17)18/h1-2,4,6,8-11H,3,5,7H2,(H,23,25)(H,24,26). The molecule has 2 N–H and O–H groups in total. The number of nitrogens with one attached hydrogen (secondary N) is 2. The van der Waals surface area contributed by atoms with Gasteiger partial charge in [-0.25, -0.2) is 0 Å². The molecule has 1 aromatic heterocycles. The molecule has 0 unspecified atom stereocenters. The number of hydrazine groups is 1. The highest BCUT2D eigenvalue weighted by molar-refractivity contribution is 6.30. The van der Waals surface area contributed by atoms with Crippen LogP contribution >= 0.6 is 11.6 Å². The van der Waals surface area contributed by atoms with Crippen LogP contribution in [0.2, 0.25) is 5.02 Å². The molecule has 0 bridgehead atoms. The number of fused-ring (bicyclic) bond motifs is 2. The van der Waals surface area contributed by atoms with E-state index in [0.29, 0.717) is 16.1 Å². The van der Waals surface area contributed by atoms with Crippen LogP contribution in [0.5, 0.6) is 0 Å². The van der Waals surface area contributed by atoms with Crippen molar-refractivity contribution in [3.05, 3.63) is 75.9 Å². The van der Waals surface area contributed by atoms with Gasteiger partial charge in [0.05, 0.1) is 11.1 Å². The van der Waals surface area contributed by atoms with Gasteiger partial charge in [0.15, 0.2) is 0 Å². The first-order valence-electron chi connectivity index (χ1n) is 8.40. The molecule has 0 spiro atoms. The molecule has 1 aliphatic carbocycles. The SMILES string of the molecule is O=C(NNC(=O)c1c2c(nc3ccccc13)CCC2)c1ccc(Cl)cc1. The fourth-order valence-corrected chi connectivity index (χ4v) is 3.45. The van der Waals surface area contributed by atoms with Gasteiger partial charge in [0.1, 0.15) is 0 Å². The molecule has 3 aromatic rings. The molecule has 6 heteroatoms. The van der Waals surface area contributed by atoms with E-state index in [1.807, 2.05) is 24.3 Å². The number of carbonyl (C=O) groups is 2. The van der Waals surface area contributed by atoms with Gasteiger partial charge in [-0.2, -0.15) is 0 Å². The zero-order chi connectivity index (χ0) is 18.1. The second kappa shape index (κ2) is 6.77. The molecule has 0 saturated carbocycles. The van der Waals surface area contributed by atoms with E-state index in [2.05, 4.69) is 15.8 Å². The highest BCUT2D eigenvalue weighted by Gasteiger charge is 2.24. The Hall–Kier alpha value is -2.92. The van der Waals surface area contributed by atoms with Crippen molar-refractivity contribution < 1.29 is 9.59 Å². The van der Waals surface area contributed by atoms with Gasteiger partial charge in [0.2, 0.25) is 0 Å². The highest BCUT2D eigenvalue weighted by atomic mass is 35.5. The largest absolute Gasteiger partial charge is 0.270 e. The predicted octanol–water partition coefficient (Wildman–Crippen LogP) is 3.45. The van der Waals surface area contributed by atoms with Gasteiger partial charge in [-0.3, -0.25) is 25.4 Å². The third-order valence-corrected chi connectivity index (χ3v) is 4.79. The minimum atomic E-state index is -0.398. The van der Waals surface area contributed by atoms with Gasteiger partial charge < -0.3 is 0 Å². The molecule has 5 nitrogen and oxygen atoms in total. The van der Waals surface area contributed by atoms with E-state index < -0.39 is 5.91 Å². The van der Waals surface area contributed by atoms with Crippen LogP contribution in [-0.4, -0.2) is 16.8 Å². The fourth-order valence-electron chi connectivity index (χ4n) is 3.32. The molecule has 1 heterocycles. The molecule has 0 atom stereocenters. The monoisotopic (exact) mass is 365 g/mol. The number of nitrogens with zero attached hydrogens (tertiary/aromatic N) is 1. The summed E-state index contributed by atoms with van der Waals surface area (Å²) in [5, 5.41) is 1.34. The van der Waals surface area contributed by atoms with Crippen molar-refractivity contribution in [2.24, 2.45) is 0 Å². The maximum atomic E-state index is 12.8. The zero-order valence-electron chi connectivity index (χ0n) is 13.9. The Kier molecular flexibility index (Phi) is 4.31. The number of carbonyl (C=O) groups excluding carboxylic acids is 2. The first kappa shape index (κ1) is 16.5. The van der Waals surface area contributed by atoms with E-state index in [9.17, 15) is 9.59 Å². The van der Waals surface area contributed by atoms with Crippen LogP contribution in [0.25, 0.3) is 10.9 Å². The number of rotatable bonds is 2. The number of aromatic nitrogens is 1. The predicted molar refractivity (Wildman–Crippen MR) is 100 cm³/mol. The second-order valence-electron chi connectivity index (χ2n) is 6.20. The number of hydrogen-bond acceptors (Lipinski definition) is 3. The Labute approximate surface area is 155 Å². The molecule has 0 radical (unpaired) electrons. The van der Waals surface area contributed by atoms with Gasteiger partial charge >= 0.3 is 0 Å². The molecule has 0 aliphatic heterocycles. The molecule has 0 saturated heterocycles. The van der Waals surface area contributed by atoms with Crippen molar-refractivity contribution >= 4 is 34.3 Å². The quantitative estimate of drug-likeness (QED) is 0.683. The van der Waals surface area contributed by atoms with Crippen molar-refractivity contribution in [3.8, 4) is 0 Å². The maximum absolute atomic E-state index is 12.8. The summed E-state index contributed by atoms with van der Waals surface area (Å²) in [6.45, 7) is 0. The summed E-state index contributed by atoms with van der Waals surface area (Å²) in [4.78, 5) is 29.7. The normalized spacial score (nSPS) is 12.7. The lowest BCUT2D eigenvalue weighted by atomic mass is 10.0. The van der Waals surface area contributed by atoms with Crippen molar-refractivity contribution in [1.82, 2.24) is 15.8 Å². The third-order valence-electron chi connectivity index (χ3n) is 4.54. The Morgan fingerprint density at radius 3 is 2.46 bits per heavy atom. The molecule has 26 heavy (non-hydrogen) atoms. The topological polar surface area (TPSA) is 71.1 Å². The number of para-hydroxylation sites is 1. The number of amides is 2. The first-order valence-corrected chi connectivity index (χ1v) is 8.78. The molecule has 2 aromatic carbocycles. The molecule has 2 amide bonds. The van der Waals surface area contributed by atoms with Crippen LogP contribution in [0.4, 0.5) is 0 Å². The fraction of sp³-hybridized carbons (Fsp3) is 0.150. The second-order valence-corrected chi connectivity index (χ2v) is 6.63. The van der Waals surface area contributed by atoms with Crippen LogP contribution in [-0.2, 0) is 12.8 Å². The Balaban J connectivity index is 1.61. The lowest BCUT2D eigenvalue weighted by Crippen LogP contribution is -2.42. The van der Waals surface area contributed by atoms with E-state index in [1.54, 1.807) is 24.3 Å². The van der Waals surface area contributed by atoms with Gasteiger partial charge in [-0.15, -0.1) is 0 Å². The number of halogens is 1. The molecular weight excluding hydrogens is 350 g/mol. The number of aryl methyl sites for hydroxylation is 1. The first-order chi connectivity index (χ1) is 12.6. The third kappa shape index (κ3) is 3.02. The summed E-state index contributed by atoms with van der Waals surface area (Å²) < 4.78 is 0. The highest BCUT2D eigenvalue weighted by Crippen LogP contribution is 2.29. The van der Waals surface area contributed by atoms with Crippen LogP contribution in [0.3, 0.4) is 0 Å². The van der Waals surface area contributed by atoms with Gasteiger partial charge in [-0.05, 0) is 55.2 Å². The Bertz CT molecular complexity index is 1020. The van der Waals surface area contributed by atoms with Gasteiger partial charge in [0.25, 0.3) is 11.8 Å². The molecule has 4 rings (SSSR count). The van der Waals surface area contributed by atoms with Crippen molar-refractivity contribution in [2.75, 3.05) is 0 Å². The van der Waals surface area contributed by atoms with Gasteiger partial charge in [0, 0.05) is 21.7 Å². The average molecular weight is 366 g/mol. The number of benzene rings is 2. The smallest absolute Gasteiger partial charge is 0.267 e. The lowest BCUT2D eigenvalue weighted by molar-refractivity contribution is 0.0847. The molecule has 1 aliphatic rings. The number of pyridine rings is 1. The van der Waals surface area contributed by atoms with E-state index in [4.69, 9.17) is 11.6 Å². The Morgan fingerprint density at radius 1 is 0.923 bits per heavy atom. The summed E-state index contributed by atoms with van der Waals surface area (Å²) >= 11 is 5.83. The summed E-state index contributed by atoms with van der Waals surface area (Å²) in [5.74, 6) is -0.728. The zero-order valence-corrected chi connectivity index (χ0v) is 14.6. The van der Waals surface area contributed by atoms with Crippen LogP contribution in [0.15, 0.2) is 48.5 Å². The van der Waals surface area contributed by atoms with Crippen LogP contribution in [0.1, 0.15) is 38.4 Å². The molecule has 130 valence electrons. The van der Waals surface area contributed by atoms with E-state index >= 15 is 0 Å². The summed E-state index contributed by atoms with van der Waals surface area (Å²) in [5.41, 5.74) is 8.76. The maximum Gasteiger partial charge on any atom is 0.270 e. The number of hydrogen-bond donors (Lipinski definition) is 2. The Morgan fingerprint density at radius 2 is 1.65 bits per heavy atom. The van der Waals surface area contributed by atoms with E-state index in [1.165, 1.54) is 0 Å².